The van der Waals surface area contributed by atoms with Gasteiger partial charge in [-0.2, -0.15) is 22.0 Å². The minimum atomic E-state index is -5.39. The first kappa shape index (κ1) is 24.6. The Morgan fingerprint density at radius 1 is 1.06 bits per heavy atom. The van der Waals surface area contributed by atoms with Crippen LogP contribution in [0.2, 0.25) is 0 Å². The number of alkyl halides is 6. The number of aliphatic hydroxyl groups excluding tert-OH is 1. The third-order valence-corrected chi connectivity index (χ3v) is 5.56. The van der Waals surface area contributed by atoms with Gasteiger partial charge in [-0.15, -0.1) is 0 Å². The van der Waals surface area contributed by atoms with Crippen molar-refractivity contribution in [2.45, 2.75) is 29.8 Å². The van der Waals surface area contributed by atoms with Crippen LogP contribution in [-0.2, 0) is 20.4 Å². The number of nitrogens with one attached hydrogen (secondary N) is 1. The van der Waals surface area contributed by atoms with E-state index in [2.05, 4.69) is 4.98 Å². The predicted octanol–water partition coefficient (Wildman–Crippen LogP) is 2.94. The van der Waals surface area contributed by atoms with Crippen molar-refractivity contribution >= 4 is 15.7 Å². The highest BCUT2D eigenvalue weighted by atomic mass is 32.2. The molecule has 0 radical (unpaired) electrons. The molecule has 0 saturated carbocycles. The van der Waals surface area contributed by atoms with Gasteiger partial charge in [0.1, 0.15) is 18.5 Å². The van der Waals surface area contributed by atoms with Crippen molar-refractivity contribution in [1.29, 1.82) is 0 Å². The van der Waals surface area contributed by atoms with Crippen LogP contribution in [0.4, 0.5) is 26.3 Å². The van der Waals surface area contributed by atoms with Crippen LogP contribution in [0.3, 0.4) is 0 Å². The standard InChI is InChI=1S/C18H16F6N2O4S/c19-7-14(26-17(28)16(20)21)15(27)11-3-1-10(2-4-11)12-5-6-13(25-8-12)9-31(29,30)18(22,23)24/h1-6,8,14-16,27H,7,9H2,(H,26,28)/t14-,15+/m1/s1. The highest BCUT2D eigenvalue weighted by Crippen LogP contribution is 2.27. The Labute approximate surface area is 172 Å². The van der Waals surface area contributed by atoms with Gasteiger partial charge in [-0.05, 0) is 17.2 Å². The number of aliphatic hydroxyl groups is 1. The number of amides is 1. The molecule has 1 heterocycles. The summed E-state index contributed by atoms with van der Waals surface area (Å²) in [5, 5.41) is 11.8. The van der Waals surface area contributed by atoms with E-state index in [9.17, 15) is 44.7 Å². The molecule has 2 aromatic rings. The van der Waals surface area contributed by atoms with Crippen molar-refractivity contribution < 1.29 is 44.7 Å². The molecule has 0 saturated heterocycles. The van der Waals surface area contributed by atoms with E-state index in [-0.39, 0.29) is 11.3 Å². The van der Waals surface area contributed by atoms with E-state index >= 15 is 0 Å². The van der Waals surface area contributed by atoms with Gasteiger partial charge in [0, 0.05) is 11.8 Å². The lowest BCUT2D eigenvalue weighted by Crippen LogP contribution is -2.43. The molecular weight excluding hydrogens is 454 g/mol. The highest BCUT2D eigenvalue weighted by Gasteiger charge is 2.45. The van der Waals surface area contributed by atoms with Crippen LogP contribution < -0.4 is 5.32 Å². The molecule has 2 atom stereocenters. The molecule has 0 bridgehead atoms. The molecule has 31 heavy (non-hydrogen) atoms. The van der Waals surface area contributed by atoms with Crippen molar-refractivity contribution in [2.75, 3.05) is 6.67 Å². The largest absolute Gasteiger partial charge is 0.497 e. The van der Waals surface area contributed by atoms with Gasteiger partial charge in [0.25, 0.3) is 15.7 Å². The number of carbonyl (C=O) groups is 1. The monoisotopic (exact) mass is 470 g/mol. The maximum atomic E-state index is 13.0. The number of nitrogens with zero attached hydrogens (tertiary/aromatic N) is 1. The summed E-state index contributed by atoms with van der Waals surface area (Å²) in [5.41, 5.74) is -4.71. The zero-order valence-electron chi connectivity index (χ0n) is 15.5. The molecule has 1 aromatic carbocycles. The van der Waals surface area contributed by atoms with Gasteiger partial charge in [-0.3, -0.25) is 9.78 Å². The van der Waals surface area contributed by atoms with E-state index in [1.54, 1.807) is 5.32 Å². The maximum Gasteiger partial charge on any atom is 0.497 e. The number of carbonyl (C=O) groups excluding carboxylic acids is 1. The van der Waals surface area contributed by atoms with Gasteiger partial charge >= 0.3 is 11.9 Å². The number of sulfone groups is 1. The Hall–Kier alpha value is -2.67. The summed E-state index contributed by atoms with van der Waals surface area (Å²) in [6.45, 7) is -1.30. The molecule has 13 heteroatoms. The van der Waals surface area contributed by atoms with E-state index in [1.165, 1.54) is 30.3 Å². The Kier molecular flexibility index (Phi) is 7.65. The fraction of sp³-hybridized carbons (Fsp3) is 0.333. The highest BCUT2D eigenvalue weighted by molar-refractivity contribution is 7.91. The minimum Gasteiger partial charge on any atom is -0.386 e. The van der Waals surface area contributed by atoms with E-state index in [0.29, 0.717) is 11.1 Å². The van der Waals surface area contributed by atoms with Gasteiger partial charge in [0.15, 0.2) is 0 Å². The fourth-order valence-corrected chi connectivity index (χ4v) is 3.23. The summed E-state index contributed by atoms with van der Waals surface area (Å²) in [6.07, 6.45) is -3.83. The van der Waals surface area contributed by atoms with Crippen molar-refractivity contribution in [3.05, 3.63) is 53.9 Å². The van der Waals surface area contributed by atoms with Gasteiger partial charge in [0.2, 0.25) is 0 Å². The van der Waals surface area contributed by atoms with Gasteiger partial charge in [-0.1, -0.05) is 30.3 Å². The van der Waals surface area contributed by atoms with Crippen LogP contribution in [0.15, 0.2) is 42.6 Å². The average Bonchev–Trinajstić information content (AvgIpc) is 2.71. The summed E-state index contributed by atoms with van der Waals surface area (Å²) >= 11 is 0. The van der Waals surface area contributed by atoms with Gasteiger partial charge < -0.3 is 10.4 Å². The zero-order valence-corrected chi connectivity index (χ0v) is 16.3. The minimum absolute atomic E-state index is 0.113. The summed E-state index contributed by atoms with van der Waals surface area (Å²) in [7, 11) is -5.37. The normalized spacial score (nSPS) is 14.3. The second-order valence-electron chi connectivity index (χ2n) is 6.38. The lowest BCUT2D eigenvalue weighted by molar-refractivity contribution is -0.133. The van der Waals surface area contributed by atoms with Crippen molar-refractivity contribution in [3.63, 3.8) is 0 Å². The molecule has 2 rings (SSSR count). The topological polar surface area (TPSA) is 96.4 Å². The van der Waals surface area contributed by atoms with Crippen LogP contribution in [-0.4, -0.2) is 49.1 Å². The molecule has 1 amide bonds. The molecule has 0 unspecified atom stereocenters. The summed E-state index contributed by atoms with van der Waals surface area (Å²) in [4.78, 5) is 14.7. The Morgan fingerprint density at radius 2 is 1.65 bits per heavy atom. The Morgan fingerprint density at radius 3 is 2.10 bits per heavy atom. The number of halogens is 6. The van der Waals surface area contributed by atoms with Crippen LogP contribution >= 0.6 is 0 Å². The van der Waals surface area contributed by atoms with Crippen LogP contribution in [0.1, 0.15) is 17.4 Å². The number of pyridine rings is 1. The first-order chi connectivity index (χ1) is 14.4. The molecule has 0 aliphatic carbocycles. The predicted molar refractivity (Wildman–Crippen MR) is 97.2 cm³/mol. The van der Waals surface area contributed by atoms with E-state index in [1.807, 2.05) is 0 Å². The second-order valence-corrected chi connectivity index (χ2v) is 8.36. The molecule has 6 nitrogen and oxygen atoms in total. The number of hydrogen-bond donors (Lipinski definition) is 2. The fourth-order valence-electron chi connectivity index (χ4n) is 2.51. The third-order valence-electron chi connectivity index (χ3n) is 4.17. The van der Waals surface area contributed by atoms with Crippen molar-refractivity contribution in [3.8, 4) is 11.1 Å². The smallest absolute Gasteiger partial charge is 0.386 e. The molecular formula is C18H16F6N2O4S. The number of hydrogen-bond acceptors (Lipinski definition) is 5. The number of aromatic nitrogens is 1. The van der Waals surface area contributed by atoms with E-state index in [4.69, 9.17) is 0 Å². The Balaban J connectivity index is 2.13. The second kappa shape index (κ2) is 9.64. The first-order valence-electron chi connectivity index (χ1n) is 8.52. The Bertz CT molecular complexity index is 995. The summed E-state index contributed by atoms with van der Waals surface area (Å²) < 4.78 is 97.3. The van der Waals surface area contributed by atoms with Gasteiger partial charge in [-0.25, -0.2) is 12.8 Å². The van der Waals surface area contributed by atoms with Crippen molar-refractivity contribution in [1.82, 2.24) is 10.3 Å². The average molecular weight is 470 g/mol. The molecule has 0 spiro atoms. The SMILES string of the molecule is O=C(N[C@H](CF)[C@@H](O)c1ccc(-c2ccc(CS(=O)(=O)C(F)(F)F)nc2)cc1)C(F)F. The molecule has 0 fully saturated rings. The molecule has 1 aromatic heterocycles. The number of benzene rings is 1. The lowest BCUT2D eigenvalue weighted by atomic mass is 9.99. The molecule has 2 N–H and O–H groups in total. The third kappa shape index (κ3) is 6.17. The number of rotatable bonds is 8. The van der Waals surface area contributed by atoms with Crippen LogP contribution in [0.25, 0.3) is 11.1 Å². The van der Waals surface area contributed by atoms with Crippen LogP contribution in [0, 0.1) is 0 Å². The first-order valence-corrected chi connectivity index (χ1v) is 10.2. The maximum absolute atomic E-state index is 13.0. The molecule has 170 valence electrons. The summed E-state index contributed by atoms with van der Waals surface area (Å²) in [6, 6.07) is 6.40. The molecule has 0 aliphatic rings. The zero-order chi connectivity index (χ0) is 23.4. The lowest BCUT2D eigenvalue weighted by Gasteiger charge is -2.22. The molecule has 0 aliphatic heterocycles. The quantitative estimate of drug-likeness (QED) is 0.579. The van der Waals surface area contributed by atoms with Crippen LogP contribution in [0.5, 0.6) is 0 Å². The van der Waals surface area contributed by atoms with Gasteiger partial charge in [0.05, 0.1) is 11.7 Å². The van der Waals surface area contributed by atoms with E-state index in [0.717, 1.165) is 12.3 Å². The van der Waals surface area contributed by atoms with E-state index < -0.39 is 52.3 Å². The van der Waals surface area contributed by atoms with Crippen molar-refractivity contribution in [2.24, 2.45) is 0 Å². The summed E-state index contributed by atoms with van der Waals surface area (Å²) in [5.74, 6) is -3.03.